The monoisotopic (exact) mass is 564 g/mol. The molecule has 1 aliphatic heterocycles. The van der Waals surface area contributed by atoms with Crippen LogP contribution in [0.2, 0.25) is 0 Å². The quantitative estimate of drug-likeness (QED) is 0.449. The summed E-state index contributed by atoms with van der Waals surface area (Å²) in [5.74, 6) is 1.23. The fourth-order valence-electron chi connectivity index (χ4n) is 8.54. The summed E-state index contributed by atoms with van der Waals surface area (Å²) in [6.07, 6.45) is 8.69. The number of likely N-dealkylation sites (tertiary alicyclic amines) is 1. The van der Waals surface area contributed by atoms with Gasteiger partial charge in [-0.15, -0.1) is 0 Å². The maximum absolute atomic E-state index is 14.6. The summed E-state index contributed by atoms with van der Waals surface area (Å²) in [5, 5.41) is 8.43. The number of nitrogens with one attached hydrogen (secondary N) is 1. The Morgan fingerprint density at radius 3 is 2.15 bits per heavy atom. The van der Waals surface area contributed by atoms with Crippen molar-refractivity contribution in [1.29, 1.82) is 0 Å². The summed E-state index contributed by atoms with van der Waals surface area (Å²) < 4.78 is 22.4. The lowest BCUT2D eigenvalue weighted by Crippen LogP contribution is -2.62. The van der Waals surface area contributed by atoms with Gasteiger partial charge in [-0.05, 0) is 128 Å². The zero-order valence-electron chi connectivity index (χ0n) is 25.3. The molecule has 3 atom stereocenters. The molecule has 5 fully saturated rings. The first-order valence-electron chi connectivity index (χ1n) is 15.3. The van der Waals surface area contributed by atoms with E-state index in [1.54, 1.807) is 11.0 Å². The molecule has 222 valence electrons. The van der Waals surface area contributed by atoms with Crippen LogP contribution in [0.1, 0.15) is 110 Å². The highest BCUT2D eigenvalue weighted by molar-refractivity contribution is 5.87. The number of amides is 2. The highest BCUT2D eigenvalue weighted by Gasteiger charge is 2.55. The lowest BCUT2D eigenvalue weighted by molar-refractivity contribution is -0.131. The van der Waals surface area contributed by atoms with Gasteiger partial charge in [-0.1, -0.05) is 12.1 Å². The van der Waals surface area contributed by atoms with Gasteiger partial charge < -0.3 is 10.1 Å². The Bertz CT molecular complexity index is 1290. The second-order valence-electron chi connectivity index (χ2n) is 15.3. The molecule has 0 spiro atoms. The number of ether oxygens (including phenoxy) is 1. The maximum Gasteiger partial charge on any atom is 0.411 e. The predicted molar refractivity (Wildman–Crippen MR) is 155 cm³/mol. The number of halogens is 1. The van der Waals surface area contributed by atoms with Crippen LogP contribution >= 0.6 is 0 Å². The standard InChI is InChI=1S/C33H45FN4O3/c1-31(2,3)37-11-10-26(36-37)25-16-27(29(39)35-33-17-20-12-21(18-33)14-22(13-20)19-33)38(30(40)41-32(4,5)6)28(25)23-8-7-9-24(34)15-23/h7-11,15,20-22,25,27-28H,12-14,16-19H2,1-6H3,(H,35,39)/t20?,21?,22?,25-,27+,28+,33?/m1/s1. The van der Waals surface area contributed by atoms with Crippen molar-refractivity contribution in [1.82, 2.24) is 20.0 Å². The zero-order valence-corrected chi connectivity index (χ0v) is 25.3. The average Bonchev–Trinajstić information content (AvgIpc) is 3.47. The van der Waals surface area contributed by atoms with Crippen molar-refractivity contribution in [3.8, 4) is 0 Å². The Labute approximate surface area is 243 Å². The third-order valence-electron chi connectivity index (χ3n) is 9.69. The Hall–Kier alpha value is -2.90. The van der Waals surface area contributed by atoms with Gasteiger partial charge in [0.2, 0.25) is 5.91 Å². The molecule has 1 aromatic heterocycles. The van der Waals surface area contributed by atoms with Gasteiger partial charge in [-0.2, -0.15) is 5.10 Å². The molecule has 5 aliphatic rings. The van der Waals surface area contributed by atoms with Crippen LogP contribution < -0.4 is 5.32 Å². The van der Waals surface area contributed by atoms with E-state index in [2.05, 4.69) is 26.1 Å². The molecule has 2 heterocycles. The first-order valence-corrected chi connectivity index (χ1v) is 15.3. The Morgan fingerprint density at radius 1 is 0.976 bits per heavy atom. The predicted octanol–water partition coefficient (Wildman–Crippen LogP) is 6.70. The molecule has 1 saturated heterocycles. The van der Waals surface area contributed by atoms with E-state index >= 15 is 0 Å². The summed E-state index contributed by atoms with van der Waals surface area (Å²) in [7, 11) is 0. The summed E-state index contributed by atoms with van der Waals surface area (Å²) in [5.41, 5.74) is 0.247. The van der Waals surface area contributed by atoms with Gasteiger partial charge in [-0.25, -0.2) is 9.18 Å². The molecule has 2 amide bonds. The SMILES string of the molecule is CC(C)(C)OC(=O)N1[C@H](C(=O)NC23CC4CC(CC(C4)C2)C3)C[C@H](c2ccn(C(C)(C)C)n2)[C@@H]1c1cccc(F)c1. The van der Waals surface area contributed by atoms with Crippen molar-refractivity contribution in [3.63, 3.8) is 0 Å². The fraction of sp³-hybridized carbons (Fsp3) is 0.667. The van der Waals surface area contributed by atoms with Gasteiger partial charge in [0, 0.05) is 17.7 Å². The van der Waals surface area contributed by atoms with E-state index in [1.165, 1.54) is 31.4 Å². The number of rotatable bonds is 4. The lowest BCUT2D eigenvalue weighted by Gasteiger charge is -2.57. The van der Waals surface area contributed by atoms with Crippen LogP contribution in [-0.4, -0.2) is 43.9 Å². The van der Waals surface area contributed by atoms with Crippen LogP contribution in [0.3, 0.4) is 0 Å². The Morgan fingerprint density at radius 2 is 1.61 bits per heavy atom. The summed E-state index contributed by atoms with van der Waals surface area (Å²) in [6, 6.07) is 6.97. The van der Waals surface area contributed by atoms with Crippen molar-refractivity contribution >= 4 is 12.0 Å². The molecule has 0 unspecified atom stereocenters. The number of carbonyl (C=O) groups is 2. The number of hydrogen-bond acceptors (Lipinski definition) is 4. The molecule has 4 aliphatic carbocycles. The van der Waals surface area contributed by atoms with Gasteiger partial charge in [0.05, 0.1) is 17.3 Å². The lowest BCUT2D eigenvalue weighted by atomic mass is 9.53. The summed E-state index contributed by atoms with van der Waals surface area (Å²) in [6.45, 7) is 11.7. The maximum atomic E-state index is 14.6. The number of carbonyl (C=O) groups excluding carboxylic acids is 2. The first-order chi connectivity index (χ1) is 19.2. The zero-order chi connectivity index (χ0) is 29.3. The molecule has 8 heteroatoms. The molecule has 7 rings (SSSR count). The largest absolute Gasteiger partial charge is 0.444 e. The van der Waals surface area contributed by atoms with Crippen LogP contribution in [0.15, 0.2) is 36.5 Å². The van der Waals surface area contributed by atoms with Crippen molar-refractivity contribution < 1.29 is 18.7 Å². The number of benzene rings is 1. The molecule has 4 bridgehead atoms. The van der Waals surface area contributed by atoms with E-state index in [4.69, 9.17) is 9.84 Å². The molecule has 1 aromatic carbocycles. The topological polar surface area (TPSA) is 76.5 Å². The van der Waals surface area contributed by atoms with Crippen molar-refractivity contribution in [3.05, 3.63) is 53.6 Å². The van der Waals surface area contributed by atoms with E-state index in [-0.39, 0.29) is 28.7 Å². The van der Waals surface area contributed by atoms with Gasteiger partial charge in [-0.3, -0.25) is 14.4 Å². The van der Waals surface area contributed by atoms with Crippen molar-refractivity contribution in [2.45, 2.75) is 121 Å². The molecular formula is C33H45FN4O3. The molecule has 4 saturated carbocycles. The normalized spacial score (nSPS) is 32.8. The number of nitrogens with zero attached hydrogens (tertiary/aromatic N) is 3. The molecule has 0 radical (unpaired) electrons. The van der Waals surface area contributed by atoms with Gasteiger partial charge in [0.1, 0.15) is 17.5 Å². The molecule has 2 aromatic rings. The number of aromatic nitrogens is 2. The second kappa shape index (κ2) is 9.84. The van der Waals surface area contributed by atoms with Crippen molar-refractivity contribution in [2.75, 3.05) is 0 Å². The van der Waals surface area contributed by atoms with Crippen LogP contribution in [0.25, 0.3) is 0 Å². The van der Waals surface area contributed by atoms with Crippen molar-refractivity contribution in [2.24, 2.45) is 17.8 Å². The minimum Gasteiger partial charge on any atom is -0.444 e. The highest BCUT2D eigenvalue weighted by Crippen LogP contribution is 2.56. The van der Waals surface area contributed by atoms with Gasteiger partial charge in [0.15, 0.2) is 0 Å². The minimum absolute atomic E-state index is 0.128. The third-order valence-corrected chi connectivity index (χ3v) is 9.69. The Balaban J connectivity index is 1.39. The summed E-state index contributed by atoms with van der Waals surface area (Å²) >= 11 is 0. The molecule has 1 N–H and O–H groups in total. The highest BCUT2D eigenvalue weighted by atomic mass is 19.1. The average molecular weight is 565 g/mol. The second-order valence-corrected chi connectivity index (χ2v) is 15.3. The fourth-order valence-corrected chi connectivity index (χ4v) is 8.54. The van der Waals surface area contributed by atoms with Crippen LogP contribution in [0, 0.1) is 23.6 Å². The molecule has 41 heavy (non-hydrogen) atoms. The molecule has 7 nitrogen and oxygen atoms in total. The summed E-state index contributed by atoms with van der Waals surface area (Å²) in [4.78, 5) is 29.9. The van der Waals surface area contributed by atoms with E-state index in [1.807, 2.05) is 43.8 Å². The number of hydrogen-bond donors (Lipinski definition) is 1. The Kier molecular flexibility index (Phi) is 6.77. The van der Waals surface area contributed by atoms with E-state index in [0.29, 0.717) is 29.7 Å². The van der Waals surface area contributed by atoms with E-state index in [0.717, 1.165) is 25.0 Å². The third kappa shape index (κ3) is 5.51. The van der Waals surface area contributed by atoms with Crippen LogP contribution in [0.4, 0.5) is 9.18 Å². The van der Waals surface area contributed by atoms with Gasteiger partial charge >= 0.3 is 6.09 Å². The molecular weight excluding hydrogens is 519 g/mol. The van der Waals surface area contributed by atoms with E-state index in [9.17, 15) is 14.0 Å². The van der Waals surface area contributed by atoms with E-state index < -0.39 is 23.8 Å². The first kappa shape index (κ1) is 28.2. The smallest absolute Gasteiger partial charge is 0.411 e. The van der Waals surface area contributed by atoms with Gasteiger partial charge in [0.25, 0.3) is 0 Å². The van der Waals surface area contributed by atoms with Crippen LogP contribution in [0.5, 0.6) is 0 Å². The van der Waals surface area contributed by atoms with Crippen LogP contribution in [-0.2, 0) is 15.1 Å². The minimum atomic E-state index is -0.754.